The molecule has 10 nitrogen and oxygen atoms in total. The molecule has 4 heterocycles. The van der Waals surface area contributed by atoms with E-state index in [1.54, 1.807) is 12.4 Å². The monoisotopic (exact) mass is 456 g/mol. The van der Waals surface area contributed by atoms with Crippen LogP contribution < -0.4 is 14.8 Å². The van der Waals surface area contributed by atoms with Gasteiger partial charge in [0.25, 0.3) is 0 Å². The van der Waals surface area contributed by atoms with Gasteiger partial charge in [-0.2, -0.15) is 9.97 Å². The normalized spacial score (nSPS) is 17.7. The average Bonchev–Trinajstić information content (AvgIpc) is 3.27. The summed E-state index contributed by atoms with van der Waals surface area (Å²) < 4.78 is 16.7. The van der Waals surface area contributed by atoms with Crippen molar-refractivity contribution in [3.05, 3.63) is 30.2 Å². The van der Waals surface area contributed by atoms with Crippen LogP contribution in [0.25, 0.3) is 10.6 Å². The molecule has 0 unspecified atom stereocenters. The smallest absolute Gasteiger partial charge is 0.317 e. The Bertz CT molecular complexity index is 1080. The topological polar surface area (TPSA) is 124 Å². The van der Waals surface area contributed by atoms with E-state index in [-0.39, 0.29) is 12.7 Å². The van der Waals surface area contributed by atoms with Crippen molar-refractivity contribution in [3.8, 4) is 22.5 Å². The molecule has 11 heteroatoms. The van der Waals surface area contributed by atoms with Gasteiger partial charge in [-0.25, -0.2) is 15.0 Å². The third-order valence-corrected chi connectivity index (χ3v) is 6.82. The highest BCUT2D eigenvalue weighted by Crippen LogP contribution is 2.43. The van der Waals surface area contributed by atoms with Gasteiger partial charge in [0.2, 0.25) is 11.8 Å². The van der Waals surface area contributed by atoms with Crippen molar-refractivity contribution in [2.75, 3.05) is 25.6 Å². The molecule has 1 spiro atoms. The number of nitrogens with one attached hydrogen (secondary N) is 1. The Kier molecular flexibility index (Phi) is 5.85. The number of hydrogen-bond acceptors (Lipinski definition) is 11. The minimum Gasteiger partial charge on any atom is -0.481 e. The number of ether oxygens (including phenoxy) is 3. The van der Waals surface area contributed by atoms with E-state index < -0.39 is 0 Å². The van der Waals surface area contributed by atoms with E-state index in [9.17, 15) is 5.11 Å². The Morgan fingerprint density at radius 2 is 2.03 bits per heavy atom. The number of aliphatic hydroxyl groups is 1. The molecule has 2 N–H and O–H groups in total. The number of anilines is 2. The van der Waals surface area contributed by atoms with Crippen molar-refractivity contribution in [2.45, 2.75) is 38.4 Å². The second kappa shape index (κ2) is 8.93. The molecule has 32 heavy (non-hydrogen) atoms. The van der Waals surface area contributed by atoms with Crippen molar-refractivity contribution in [2.24, 2.45) is 5.41 Å². The zero-order valence-corrected chi connectivity index (χ0v) is 18.5. The average molecular weight is 457 g/mol. The number of aromatic nitrogens is 5. The van der Waals surface area contributed by atoms with Gasteiger partial charge in [-0.1, -0.05) is 11.3 Å². The summed E-state index contributed by atoms with van der Waals surface area (Å²) in [6.45, 7) is 1.58. The van der Waals surface area contributed by atoms with Crippen molar-refractivity contribution < 1.29 is 19.3 Å². The molecule has 5 rings (SSSR count). The van der Waals surface area contributed by atoms with Crippen LogP contribution in [0.5, 0.6) is 11.9 Å². The van der Waals surface area contributed by atoms with E-state index in [0.29, 0.717) is 33.9 Å². The molecule has 168 valence electrons. The molecule has 0 aromatic carbocycles. The Balaban J connectivity index is 1.24. The molecular formula is C21H24N6O4S. The zero-order valence-electron chi connectivity index (χ0n) is 17.7. The predicted molar refractivity (Wildman–Crippen MR) is 117 cm³/mol. The lowest BCUT2D eigenvalue weighted by atomic mass is 9.72. The summed E-state index contributed by atoms with van der Waals surface area (Å²) >= 11 is 1.42. The molecule has 1 saturated heterocycles. The van der Waals surface area contributed by atoms with Crippen molar-refractivity contribution in [1.82, 2.24) is 24.9 Å². The summed E-state index contributed by atoms with van der Waals surface area (Å²) in [4.78, 5) is 22.6. The molecule has 0 bridgehead atoms. The van der Waals surface area contributed by atoms with Crippen molar-refractivity contribution in [3.63, 3.8) is 0 Å². The van der Waals surface area contributed by atoms with Crippen LogP contribution in [-0.4, -0.2) is 56.5 Å². The zero-order chi connectivity index (χ0) is 22.0. The molecule has 2 fully saturated rings. The summed E-state index contributed by atoms with van der Waals surface area (Å²) in [7, 11) is 1.49. The Morgan fingerprint density at radius 1 is 1.19 bits per heavy atom. The lowest BCUT2D eigenvalue weighted by Gasteiger charge is -2.45. The largest absolute Gasteiger partial charge is 0.481 e. The second-order valence-corrected chi connectivity index (χ2v) is 9.11. The molecule has 0 radical (unpaired) electrons. The first kappa shape index (κ1) is 21.0. The van der Waals surface area contributed by atoms with E-state index in [1.165, 1.54) is 24.6 Å². The minimum absolute atomic E-state index is 0.143. The van der Waals surface area contributed by atoms with E-state index in [2.05, 4.69) is 30.2 Å². The first-order valence-corrected chi connectivity index (χ1v) is 11.3. The van der Waals surface area contributed by atoms with Crippen LogP contribution >= 0.6 is 11.3 Å². The van der Waals surface area contributed by atoms with E-state index in [1.807, 2.05) is 6.07 Å². The third kappa shape index (κ3) is 4.36. The molecular weight excluding hydrogens is 432 g/mol. The van der Waals surface area contributed by atoms with Crippen LogP contribution in [0.2, 0.25) is 0 Å². The maximum absolute atomic E-state index is 9.30. The van der Waals surface area contributed by atoms with Crippen LogP contribution in [0.3, 0.4) is 0 Å². The Hall–Kier alpha value is -2.89. The highest BCUT2D eigenvalue weighted by atomic mass is 32.1. The van der Waals surface area contributed by atoms with Crippen LogP contribution in [0.15, 0.2) is 24.7 Å². The van der Waals surface area contributed by atoms with Gasteiger partial charge in [0.1, 0.15) is 6.10 Å². The van der Waals surface area contributed by atoms with Gasteiger partial charge < -0.3 is 19.3 Å². The number of hydrogen-bond donors (Lipinski definition) is 2. The fourth-order valence-corrected chi connectivity index (χ4v) is 4.75. The molecule has 1 aliphatic heterocycles. The van der Waals surface area contributed by atoms with Gasteiger partial charge >= 0.3 is 6.01 Å². The minimum atomic E-state index is -0.195. The van der Waals surface area contributed by atoms with Gasteiger partial charge in [0, 0.05) is 24.0 Å². The maximum Gasteiger partial charge on any atom is 0.317 e. The fourth-order valence-electron chi connectivity index (χ4n) is 3.97. The molecule has 1 aliphatic carbocycles. The summed E-state index contributed by atoms with van der Waals surface area (Å²) in [6, 6.07) is 2.23. The lowest BCUT2D eigenvalue weighted by Crippen LogP contribution is -2.46. The van der Waals surface area contributed by atoms with Crippen LogP contribution in [-0.2, 0) is 11.3 Å². The van der Waals surface area contributed by atoms with Crippen molar-refractivity contribution >= 4 is 22.4 Å². The maximum atomic E-state index is 9.30. The summed E-state index contributed by atoms with van der Waals surface area (Å²) in [5.41, 5.74) is 1.65. The third-order valence-electron chi connectivity index (χ3n) is 5.88. The van der Waals surface area contributed by atoms with Gasteiger partial charge in [-0.3, -0.25) is 5.32 Å². The van der Waals surface area contributed by atoms with Gasteiger partial charge in [0.05, 0.1) is 43.1 Å². The predicted octanol–water partition coefficient (Wildman–Crippen LogP) is 2.97. The van der Waals surface area contributed by atoms with E-state index >= 15 is 0 Å². The molecule has 0 atom stereocenters. The van der Waals surface area contributed by atoms with Crippen LogP contribution in [0.4, 0.5) is 11.1 Å². The van der Waals surface area contributed by atoms with Gasteiger partial charge in [-0.05, 0) is 31.7 Å². The standard InChI is InChI=1S/C21H24N6O4S/c1-29-17-13(10-28)8-23-18(26-17)27-20-24-9-16(32-20)15-4-7-22-19(25-15)31-14-2-5-21(6-3-14)11-30-12-21/h4,7-9,14,28H,2-3,5-6,10-12H2,1H3,(H,23,24,26,27). The number of rotatable bonds is 7. The molecule has 3 aromatic rings. The molecule has 3 aromatic heterocycles. The van der Waals surface area contributed by atoms with Crippen LogP contribution in [0, 0.1) is 5.41 Å². The molecule has 2 aliphatic rings. The molecule has 1 saturated carbocycles. The number of nitrogens with zero attached hydrogens (tertiary/aromatic N) is 5. The number of aliphatic hydroxyl groups excluding tert-OH is 1. The van der Waals surface area contributed by atoms with E-state index in [4.69, 9.17) is 14.2 Å². The SMILES string of the molecule is COc1nc(Nc2ncc(-c3ccnc(OC4CCC5(CC4)COC5)n3)s2)ncc1CO. The Morgan fingerprint density at radius 3 is 2.75 bits per heavy atom. The van der Waals surface area contributed by atoms with Gasteiger partial charge in [-0.15, -0.1) is 0 Å². The summed E-state index contributed by atoms with van der Waals surface area (Å²) in [5.74, 6) is 0.649. The second-order valence-electron chi connectivity index (χ2n) is 8.08. The number of methoxy groups -OCH3 is 1. The van der Waals surface area contributed by atoms with E-state index in [0.717, 1.165) is 49.5 Å². The first-order valence-electron chi connectivity index (χ1n) is 10.5. The number of thiazole rings is 1. The quantitative estimate of drug-likeness (QED) is 0.548. The fraction of sp³-hybridized carbons (Fsp3) is 0.476. The summed E-state index contributed by atoms with van der Waals surface area (Å²) in [6.07, 6.45) is 9.37. The first-order chi connectivity index (χ1) is 15.7. The summed E-state index contributed by atoms with van der Waals surface area (Å²) in [5, 5.41) is 13.0. The van der Waals surface area contributed by atoms with Crippen molar-refractivity contribution in [1.29, 1.82) is 0 Å². The highest BCUT2D eigenvalue weighted by Gasteiger charge is 2.42. The van der Waals surface area contributed by atoms with Gasteiger partial charge in [0.15, 0.2) is 5.13 Å². The molecule has 0 amide bonds. The lowest BCUT2D eigenvalue weighted by molar-refractivity contribution is -0.140. The highest BCUT2D eigenvalue weighted by molar-refractivity contribution is 7.18. The Labute approximate surface area is 189 Å². The van der Waals surface area contributed by atoms with Crippen LogP contribution in [0.1, 0.15) is 31.2 Å².